The summed E-state index contributed by atoms with van der Waals surface area (Å²) in [6, 6.07) is 16.0. The van der Waals surface area contributed by atoms with Gasteiger partial charge < -0.3 is 10.1 Å². The third kappa shape index (κ3) is 3.94. The normalized spacial score (nSPS) is 10.4. The third-order valence-electron chi connectivity index (χ3n) is 3.63. The van der Waals surface area contributed by atoms with Gasteiger partial charge in [-0.05, 0) is 18.2 Å². The lowest BCUT2D eigenvalue weighted by molar-refractivity contribution is -0.117. The van der Waals surface area contributed by atoms with Crippen molar-refractivity contribution in [3.05, 3.63) is 76.8 Å². The highest BCUT2D eigenvalue weighted by molar-refractivity contribution is 5.90. The number of nitrogens with zero attached hydrogens (tertiary/aromatic N) is 2. The largest absolute Gasteiger partial charge is 0.494 e. The Labute approximate surface area is 148 Å². The maximum atomic E-state index is 13.2. The van der Waals surface area contributed by atoms with E-state index in [1.165, 1.54) is 31.4 Å². The molecule has 0 aliphatic carbocycles. The Bertz CT molecular complexity index is 987. The highest BCUT2D eigenvalue weighted by Gasteiger charge is 2.14. The topological polar surface area (TPSA) is 73.2 Å². The summed E-state index contributed by atoms with van der Waals surface area (Å²) in [6.45, 7) is -0.306. The van der Waals surface area contributed by atoms with Gasteiger partial charge in [-0.2, -0.15) is 5.10 Å². The average molecular weight is 353 g/mol. The van der Waals surface area contributed by atoms with Gasteiger partial charge in [0.15, 0.2) is 5.75 Å². The molecular formula is C19H16FN3O3. The van der Waals surface area contributed by atoms with Gasteiger partial charge in [0.25, 0.3) is 5.56 Å². The number of hydrogen-bond acceptors (Lipinski definition) is 4. The predicted octanol–water partition coefficient (Wildman–Crippen LogP) is 2.70. The molecule has 0 bridgehead atoms. The molecule has 0 radical (unpaired) electrons. The van der Waals surface area contributed by atoms with E-state index in [1.807, 2.05) is 30.3 Å². The Hall–Kier alpha value is -3.48. The van der Waals surface area contributed by atoms with Crippen LogP contribution in [-0.4, -0.2) is 22.8 Å². The first-order chi connectivity index (χ1) is 12.6. The van der Waals surface area contributed by atoms with Crippen LogP contribution in [0.2, 0.25) is 0 Å². The van der Waals surface area contributed by atoms with Gasteiger partial charge in [-0.3, -0.25) is 9.59 Å². The number of methoxy groups -OCH3 is 1. The molecule has 1 N–H and O–H groups in total. The number of benzene rings is 2. The van der Waals surface area contributed by atoms with E-state index in [0.717, 1.165) is 10.2 Å². The van der Waals surface area contributed by atoms with E-state index in [4.69, 9.17) is 4.74 Å². The predicted molar refractivity (Wildman–Crippen MR) is 95.5 cm³/mol. The molecule has 0 atom stereocenters. The molecule has 0 aliphatic rings. The summed E-state index contributed by atoms with van der Waals surface area (Å²) in [4.78, 5) is 24.4. The average Bonchev–Trinajstić information content (AvgIpc) is 2.63. The lowest BCUT2D eigenvalue weighted by atomic mass is 10.1. The molecular weight excluding hydrogens is 337 g/mol. The second kappa shape index (κ2) is 7.60. The van der Waals surface area contributed by atoms with Gasteiger partial charge in [0.05, 0.1) is 7.11 Å². The first kappa shape index (κ1) is 17.3. The van der Waals surface area contributed by atoms with Crippen molar-refractivity contribution < 1.29 is 13.9 Å². The Morgan fingerprint density at radius 3 is 2.62 bits per heavy atom. The maximum absolute atomic E-state index is 13.2. The molecule has 1 aromatic heterocycles. The van der Waals surface area contributed by atoms with E-state index in [0.29, 0.717) is 17.1 Å². The molecule has 3 rings (SSSR count). The van der Waals surface area contributed by atoms with E-state index in [9.17, 15) is 14.0 Å². The molecule has 0 aliphatic heterocycles. The highest BCUT2D eigenvalue weighted by Crippen LogP contribution is 2.25. The quantitative estimate of drug-likeness (QED) is 0.765. The molecule has 26 heavy (non-hydrogen) atoms. The van der Waals surface area contributed by atoms with Crippen molar-refractivity contribution in [3.8, 4) is 17.0 Å². The number of carbonyl (C=O) groups is 1. The van der Waals surface area contributed by atoms with Crippen LogP contribution < -0.4 is 15.6 Å². The lowest BCUT2D eigenvalue weighted by Crippen LogP contribution is -2.29. The third-order valence-corrected chi connectivity index (χ3v) is 3.63. The summed E-state index contributed by atoms with van der Waals surface area (Å²) in [5.74, 6) is -0.633. The molecule has 2 aromatic carbocycles. The fraction of sp³-hybridized carbons (Fsp3) is 0.105. The number of halogens is 1. The molecule has 6 nitrogen and oxygen atoms in total. The number of carbonyl (C=O) groups excluding carboxylic acids is 1. The zero-order chi connectivity index (χ0) is 18.5. The molecule has 7 heteroatoms. The first-order valence-corrected chi connectivity index (χ1v) is 7.84. The minimum Gasteiger partial charge on any atom is -0.494 e. The Morgan fingerprint density at radius 2 is 1.92 bits per heavy atom. The number of amides is 1. The van der Waals surface area contributed by atoms with Crippen molar-refractivity contribution in [2.75, 3.05) is 12.4 Å². The molecule has 0 fully saturated rings. The summed E-state index contributed by atoms with van der Waals surface area (Å²) in [5.41, 5.74) is 1.03. The minimum atomic E-state index is -0.491. The number of anilines is 1. The van der Waals surface area contributed by atoms with Crippen LogP contribution in [-0.2, 0) is 11.3 Å². The van der Waals surface area contributed by atoms with Gasteiger partial charge in [-0.25, -0.2) is 9.07 Å². The van der Waals surface area contributed by atoms with Crippen molar-refractivity contribution in [2.45, 2.75) is 6.54 Å². The number of aromatic nitrogens is 2. The smallest absolute Gasteiger partial charge is 0.270 e. The van der Waals surface area contributed by atoms with Crippen LogP contribution in [0.5, 0.6) is 5.75 Å². The van der Waals surface area contributed by atoms with E-state index in [1.54, 1.807) is 6.07 Å². The number of rotatable bonds is 5. The molecule has 0 spiro atoms. The summed E-state index contributed by atoms with van der Waals surface area (Å²) >= 11 is 0. The number of hydrogen-bond donors (Lipinski definition) is 1. The molecule has 1 amide bonds. The summed E-state index contributed by atoms with van der Waals surface area (Å²) in [7, 11) is 1.45. The van der Waals surface area contributed by atoms with Crippen LogP contribution >= 0.6 is 0 Å². The second-order valence-electron chi connectivity index (χ2n) is 5.48. The molecule has 1 heterocycles. The van der Waals surface area contributed by atoms with Crippen molar-refractivity contribution in [1.29, 1.82) is 0 Å². The minimum absolute atomic E-state index is 0.305. The van der Waals surface area contributed by atoms with Crippen LogP contribution in [0.25, 0.3) is 11.3 Å². The van der Waals surface area contributed by atoms with Crippen LogP contribution in [0.3, 0.4) is 0 Å². The maximum Gasteiger partial charge on any atom is 0.270 e. The molecule has 0 saturated heterocycles. The monoisotopic (exact) mass is 353 g/mol. The van der Waals surface area contributed by atoms with E-state index >= 15 is 0 Å². The fourth-order valence-electron chi connectivity index (χ4n) is 2.44. The Balaban J connectivity index is 1.88. The SMILES string of the molecule is COc1cc(=O)n(CC(=O)Nc2cccc(F)c2)nc1-c1ccccc1. The Morgan fingerprint density at radius 1 is 1.15 bits per heavy atom. The fourth-order valence-corrected chi connectivity index (χ4v) is 2.44. The van der Waals surface area contributed by atoms with Crippen molar-refractivity contribution in [1.82, 2.24) is 9.78 Å². The van der Waals surface area contributed by atoms with Crippen LogP contribution in [0.1, 0.15) is 0 Å². The van der Waals surface area contributed by atoms with Crippen molar-refractivity contribution in [3.63, 3.8) is 0 Å². The van der Waals surface area contributed by atoms with Gasteiger partial charge in [0.2, 0.25) is 5.91 Å². The van der Waals surface area contributed by atoms with Crippen molar-refractivity contribution >= 4 is 11.6 Å². The number of ether oxygens (including phenoxy) is 1. The zero-order valence-corrected chi connectivity index (χ0v) is 14.0. The zero-order valence-electron chi connectivity index (χ0n) is 14.0. The van der Waals surface area contributed by atoms with Crippen molar-refractivity contribution in [2.24, 2.45) is 0 Å². The van der Waals surface area contributed by atoms with E-state index in [-0.39, 0.29) is 6.54 Å². The van der Waals surface area contributed by atoms with Gasteiger partial charge in [-0.15, -0.1) is 0 Å². The molecule has 3 aromatic rings. The van der Waals surface area contributed by atoms with E-state index < -0.39 is 17.3 Å². The summed E-state index contributed by atoms with van der Waals surface area (Å²) in [6.07, 6.45) is 0. The molecule has 132 valence electrons. The lowest BCUT2D eigenvalue weighted by Gasteiger charge is -2.11. The second-order valence-corrected chi connectivity index (χ2v) is 5.48. The van der Waals surface area contributed by atoms with E-state index in [2.05, 4.69) is 10.4 Å². The summed E-state index contributed by atoms with van der Waals surface area (Å²) in [5, 5.41) is 6.79. The molecule has 0 unspecified atom stereocenters. The number of nitrogens with one attached hydrogen (secondary N) is 1. The summed E-state index contributed by atoms with van der Waals surface area (Å²) < 4.78 is 19.5. The highest BCUT2D eigenvalue weighted by atomic mass is 19.1. The van der Waals surface area contributed by atoms with Gasteiger partial charge in [0.1, 0.15) is 18.1 Å². The molecule has 0 saturated carbocycles. The Kier molecular flexibility index (Phi) is 5.07. The van der Waals surface area contributed by atoms with Crippen LogP contribution in [0.4, 0.5) is 10.1 Å². The van der Waals surface area contributed by atoms with Crippen LogP contribution in [0.15, 0.2) is 65.5 Å². The standard InChI is InChI=1S/C19H16FN3O3/c1-26-16-11-18(25)23(22-19(16)13-6-3-2-4-7-13)12-17(24)21-15-9-5-8-14(20)10-15/h2-11H,12H2,1H3,(H,21,24). The van der Waals surface area contributed by atoms with Gasteiger partial charge in [0, 0.05) is 17.3 Å². The first-order valence-electron chi connectivity index (χ1n) is 7.84. The van der Waals surface area contributed by atoms with Crippen LogP contribution in [0, 0.1) is 5.82 Å². The van der Waals surface area contributed by atoms with Gasteiger partial charge >= 0.3 is 0 Å². The van der Waals surface area contributed by atoms with Gasteiger partial charge in [-0.1, -0.05) is 36.4 Å².